The van der Waals surface area contributed by atoms with Gasteiger partial charge < -0.3 is 10.2 Å². The van der Waals surface area contributed by atoms with Gasteiger partial charge in [0.15, 0.2) is 0 Å². The molecule has 2 spiro atoms. The minimum absolute atomic E-state index is 0.00353. The molecule has 10 rings (SSSR count). The zero-order chi connectivity index (χ0) is 38.9. The number of rotatable bonds is 6. The molecule has 6 aromatic carbocycles. The maximum absolute atomic E-state index is 13.6. The highest BCUT2D eigenvalue weighted by Gasteiger charge is 2.68. The molecule has 4 atom stereocenters. The number of aromatic carboxylic acids is 2. The fourth-order valence-corrected chi connectivity index (χ4v) is 9.05. The summed E-state index contributed by atoms with van der Waals surface area (Å²) in [6.45, 7) is 0. The molecule has 0 radical (unpaired) electrons. The van der Waals surface area contributed by atoms with E-state index in [0.717, 1.165) is 46.5 Å². The molecular formula is C46H32Cl2N2O6. The van der Waals surface area contributed by atoms with E-state index in [1.54, 1.807) is 46.2 Å². The van der Waals surface area contributed by atoms with E-state index < -0.39 is 22.8 Å². The molecule has 4 aliphatic rings. The molecule has 2 aliphatic heterocycles. The van der Waals surface area contributed by atoms with Crippen LogP contribution >= 0.6 is 23.2 Å². The zero-order valence-corrected chi connectivity index (χ0v) is 31.1. The van der Waals surface area contributed by atoms with Gasteiger partial charge in [0.05, 0.1) is 33.3 Å². The van der Waals surface area contributed by atoms with Crippen LogP contribution in [0.4, 0.5) is 22.7 Å². The molecule has 2 amide bonds. The monoisotopic (exact) mass is 778 g/mol. The van der Waals surface area contributed by atoms with Gasteiger partial charge in [-0.15, -0.1) is 0 Å². The predicted octanol–water partition coefficient (Wildman–Crippen LogP) is 10.3. The predicted molar refractivity (Wildman–Crippen MR) is 215 cm³/mol. The first-order chi connectivity index (χ1) is 27.0. The number of fused-ring (bicyclic) bond motifs is 4. The van der Waals surface area contributed by atoms with Crippen molar-refractivity contribution in [2.75, 3.05) is 9.80 Å². The Morgan fingerprint density at radius 2 is 0.893 bits per heavy atom. The summed E-state index contributed by atoms with van der Waals surface area (Å²) in [5.74, 6) is -1.85. The van der Waals surface area contributed by atoms with Gasteiger partial charge in [-0.3, -0.25) is 19.4 Å². The number of carbonyl (C=O) groups excluding carboxylic acids is 2. The summed E-state index contributed by atoms with van der Waals surface area (Å²) in [4.78, 5) is 53.4. The summed E-state index contributed by atoms with van der Waals surface area (Å²) in [7, 11) is 0. The average Bonchev–Trinajstić information content (AvgIpc) is 4.11. The molecular weight excluding hydrogens is 747 g/mol. The second kappa shape index (κ2) is 13.2. The number of hydrogen-bond acceptors (Lipinski definition) is 4. The van der Waals surface area contributed by atoms with Gasteiger partial charge in [0, 0.05) is 33.3 Å². The lowest BCUT2D eigenvalue weighted by Crippen LogP contribution is -2.29. The summed E-state index contributed by atoms with van der Waals surface area (Å²) in [5, 5.41) is 20.0. The molecule has 0 aromatic heterocycles. The van der Waals surface area contributed by atoms with Crippen LogP contribution in [0.5, 0.6) is 0 Å². The fourth-order valence-electron chi connectivity index (χ4n) is 8.80. The molecule has 2 fully saturated rings. The number of carboxylic acids is 2. The molecule has 10 heteroatoms. The second-order valence-electron chi connectivity index (χ2n) is 14.6. The van der Waals surface area contributed by atoms with Gasteiger partial charge in [-0.2, -0.15) is 0 Å². The highest BCUT2D eigenvalue weighted by Crippen LogP contribution is 2.68. The van der Waals surface area contributed by atoms with Gasteiger partial charge >= 0.3 is 11.9 Å². The largest absolute Gasteiger partial charge is 0.478 e. The van der Waals surface area contributed by atoms with Gasteiger partial charge in [0.2, 0.25) is 11.8 Å². The summed E-state index contributed by atoms with van der Waals surface area (Å²) in [6.07, 6.45) is 1.47. The Hall–Kier alpha value is -6.22. The number of carboxylic acid groups (broad SMARTS) is 2. The first-order valence-electron chi connectivity index (χ1n) is 18.1. The van der Waals surface area contributed by atoms with Crippen LogP contribution in [0.15, 0.2) is 146 Å². The van der Waals surface area contributed by atoms with Crippen molar-refractivity contribution in [1.29, 1.82) is 0 Å². The topological polar surface area (TPSA) is 115 Å². The van der Waals surface area contributed by atoms with Crippen molar-refractivity contribution in [1.82, 2.24) is 0 Å². The minimum atomic E-state index is -1.01. The van der Waals surface area contributed by atoms with E-state index in [-0.39, 0.29) is 34.8 Å². The Morgan fingerprint density at radius 1 is 0.518 bits per heavy atom. The normalized spacial score (nSPS) is 22.4. The fraction of sp³-hybridized carbons (Fsp3) is 0.130. The molecule has 2 saturated carbocycles. The van der Waals surface area contributed by atoms with Crippen LogP contribution in [0.3, 0.4) is 0 Å². The quantitative estimate of drug-likeness (QED) is 0.174. The Kier molecular flexibility index (Phi) is 8.38. The second-order valence-corrected chi connectivity index (χ2v) is 15.5. The lowest BCUT2D eigenvalue weighted by atomic mass is 9.92. The Bertz CT molecular complexity index is 2430. The van der Waals surface area contributed by atoms with E-state index in [1.807, 2.05) is 97.1 Å². The van der Waals surface area contributed by atoms with E-state index >= 15 is 0 Å². The van der Waals surface area contributed by atoms with Gasteiger partial charge in [-0.05, 0) is 108 Å². The third-order valence-corrected chi connectivity index (χ3v) is 12.1. The SMILES string of the molecule is O=C(O)c1cccc(N2C(=O)[C@@]3(C[C@H]3c3ccc(Cl)cc3)c3ccccc32)c1.O=C(O)c1cccc(N2C(=O)[C@]3(C[C@@H]3c3ccc(Cl)cc3)c3ccccc32)c1. The number of benzene rings is 6. The molecule has 0 saturated heterocycles. The molecule has 2 aliphatic carbocycles. The van der Waals surface area contributed by atoms with Crippen molar-refractivity contribution >= 4 is 69.7 Å². The van der Waals surface area contributed by atoms with Crippen LogP contribution in [0.2, 0.25) is 10.0 Å². The average molecular weight is 780 g/mol. The summed E-state index contributed by atoms with van der Waals surface area (Å²) in [5.41, 5.74) is 6.13. The standard InChI is InChI=1S/2C23H16ClNO3/c2*24-16-10-8-14(9-11-16)19-13-23(19)18-6-1-2-7-20(18)25(22(23)28)17-5-3-4-15(12-17)21(26)27/h2*1-12,19H,13H2,(H,26,27)/t2*19-,23-/m10/s1. The molecule has 56 heavy (non-hydrogen) atoms. The summed E-state index contributed by atoms with van der Waals surface area (Å²) in [6, 6.07) is 43.9. The molecule has 0 bridgehead atoms. The lowest BCUT2D eigenvalue weighted by Gasteiger charge is -2.19. The number of hydrogen-bond donors (Lipinski definition) is 2. The van der Waals surface area contributed by atoms with E-state index in [1.165, 1.54) is 12.1 Å². The first-order valence-corrected chi connectivity index (χ1v) is 18.9. The highest BCUT2D eigenvalue weighted by molar-refractivity contribution is 6.31. The van der Waals surface area contributed by atoms with Crippen LogP contribution in [-0.4, -0.2) is 34.0 Å². The van der Waals surface area contributed by atoms with E-state index in [9.17, 15) is 29.4 Å². The number of nitrogens with zero attached hydrogens (tertiary/aromatic N) is 2. The molecule has 6 aromatic rings. The number of anilines is 4. The van der Waals surface area contributed by atoms with Crippen LogP contribution < -0.4 is 9.80 Å². The van der Waals surface area contributed by atoms with Crippen molar-refractivity contribution in [2.45, 2.75) is 35.5 Å². The van der Waals surface area contributed by atoms with Crippen LogP contribution in [-0.2, 0) is 20.4 Å². The first kappa shape index (κ1) is 35.5. The molecule has 276 valence electrons. The van der Waals surface area contributed by atoms with Gasteiger partial charge in [0.25, 0.3) is 0 Å². The smallest absolute Gasteiger partial charge is 0.335 e. The van der Waals surface area contributed by atoms with Crippen molar-refractivity contribution in [3.63, 3.8) is 0 Å². The number of carbonyl (C=O) groups is 4. The van der Waals surface area contributed by atoms with E-state index in [4.69, 9.17) is 23.2 Å². The molecule has 8 nitrogen and oxygen atoms in total. The van der Waals surface area contributed by atoms with Crippen molar-refractivity contribution < 1.29 is 29.4 Å². The minimum Gasteiger partial charge on any atom is -0.478 e. The van der Waals surface area contributed by atoms with E-state index in [0.29, 0.717) is 21.4 Å². The van der Waals surface area contributed by atoms with Crippen molar-refractivity contribution in [3.8, 4) is 0 Å². The van der Waals surface area contributed by atoms with Crippen molar-refractivity contribution in [2.24, 2.45) is 0 Å². The van der Waals surface area contributed by atoms with Crippen LogP contribution in [0.25, 0.3) is 0 Å². The highest BCUT2D eigenvalue weighted by atomic mass is 35.5. The van der Waals surface area contributed by atoms with E-state index in [2.05, 4.69) is 0 Å². The Labute approximate surface area is 332 Å². The Balaban J connectivity index is 0.000000146. The number of amides is 2. The third kappa shape index (κ3) is 5.51. The molecule has 2 heterocycles. The van der Waals surface area contributed by atoms with Gasteiger partial charge in [0.1, 0.15) is 0 Å². The number of para-hydroxylation sites is 2. The molecule has 0 unspecified atom stereocenters. The maximum Gasteiger partial charge on any atom is 0.335 e. The van der Waals surface area contributed by atoms with Crippen LogP contribution in [0.1, 0.15) is 67.6 Å². The lowest BCUT2D eigenvalue weighted by molar-refractivity contribution is -0.120. The Morgan fingerprint density at radius 3 is 1.27 bits per heavy atom. The van der Waals surface area contributed by atoms with Crippen molar-refractivity contribution in [3.05, 3.63) is 189 Å². The molecule has 2 N–H and O–H groups in total. The summed E-state index contributed by atoms with van der Waals surface area (Å²) < 4.78 is 0. The number of halogens is 2. The third-order valence-electron chi connectivity index (χ3n) is 11.6. The van der Waals surface area contributed by atoms with Gasteiger partial charge in [-0.1, -0.05) is 96.0 Å². The maximum atomic E-state index is 13.6. The summed E-state index contributed by atoms with van der Waals surface area (Å²) >= 11 is 12.0. The zero-order valence-electron chi connectivity index (χ0n) is 29.6. The van der Waals surface area contributed by atoms with Gasteiger partial charge in [-0.25, -0.2) is 9.59 Å². The van der Waals surface area contributed by atoms with Crippen LogP contribution in [0, 0.1) is 0 Å².